The van der Waals surface area contributed by atoms with Crippen LogP contribution in [0.1, 0.15) is 34.5 Å². The highest BCUT2D eigenvalue weighted by molar-refractivity contribution is 6.42. The molecule has 0 atom stereocenters. The van der Waals surface area contributed by atoms with Gasteiger partial charge in [0, 0.05) is 31.0 Å². The number of nitrogens with zero attached hydrogens (tertiary/aromatic N) is 4. The molecule has 0 radical (unpaired) electrons. The zero-order valence-corrected chi connectivity index (χ0v) is 20.6. The van der Waals surface area contributed by atoms with Gasteiger partial charge >= 0.3 is 6.03 Å². The first kappa shape index (κ1) is 24.0. The van der Waals surface area contributed by atoms with E-state index in [4.69, 9.17) is 38.9 Å². The van der Waals surface area contributed by atoms with E-state index in [1.165, 1.54) is 4.90 Å². The Bertz CT molecular complexity index is 1380. The van der Waals surface area contributed by atoms with Gasteiger partial charge in [0.05, 0.1) is 46.0 Å². The van der Waals surface area contributed by atoms with Gasteiger partial charge in [0.1, 0.15) is 17.5 Å². The Hall–Kier alpha value is -3.74. The number of primary amides is 1. The van der Waals surface area contributed by atoms with Crippen LogP contribution in [-0.2, 0) is 13.1 Å². The number of hydrogen-bond acceptors (Lipinski definition) is 5. The maximum absolute atomic E-state index is 13.5. The van der Waals surface area contributed by atoms with Gasteiger partial charge in [-0.3, -0.25) is 9.48 Å². The summed E-state index contributed by atoms with van der Waals surface area (Å²) < 4.78 is 7.68. The molecule has 36 heavy (non-hydrogen) atoms. The van der Waals surface area contributed by atoms with Crippen molar-refractivity contribution in [3.8, 4) is 23.1 Å². The Balaban J connectivity index is 1.34. The topological polar surface area (TPSA) is 126 Å². The van der Waals surface area contributed by atoms with Crippen molar-refractivity contribution in [1.29, 1.82) is 5.26 Å². The molecule has 2 aromatic carbocycles. The van der Waals surface area contributed by atoms with Crippen LogP contribution in [0.25, 0.3) is 11.3 Å². The molecule has 3 aromatic rings. The number of nitriles is 1. The maximum atomic E-state index is 13.5. The summed E-state index contributed by atoms with van der Waals surface area (Å²) in [4.78, 5) is 26.8. The van der Waals surface area contributed by atoms with Crippen molar-refractivity contribution in [3.05, 3.63) is 69.3 Å². The first-order chi connectivity index (χ1) is 17.3. The minimum Gasteiger partial charge on any atom is -0.490 e. The highest BCUT2D eigenvalue weighted by Crippen LogP contribution is 2.33. The summed E-state index contributed by atoms with van der Waals surface area (Å²) in [7, 11) is 0. The van der Waals surface area contributed by atoms with Crippen molar-refractivity contribution >= 4 is 35.1 Å². The van der Waals surface area contributed by atoms with E-state index in [2.05, 4.69) is 16.5 Å². The number of nitrogens with one attached hydrogen (secondary N) is 1. The summed E-state index contributed by atoms with van der Waals surface area (Å²) in [5.41, 5.74) is 8.19. The molecule has 1 aliphatic heterocycles. The van der Waals surface area contributed by atoms with Crippen molar-refractivity contribution in [2.24, 2.45) is 5.73 Å². The molecule has 1 saturated carbocycles. The normalized spacial score (nSPS) is 18.5. The zero-order chi connectivity index (χ0) is 25.4. The van der Waals surface area contributed by atoms with Crippen LogP contribution in [0.4, 0.5) is 4.79 Å². The molecule has 1 aliphatic carbocycles. The first-order valence-electron chi connectivity index (χ1n) is 11.4. The number of fused-ring (bicyclic) bond motifs is 1. The molecule has 2 aliphatic rings. The van der Waals surface area contributed by atoms with E-state index in [0.29, 0.717) is 69.8 Å². The maximum Gasteiger partial charge on any atom is 0.315 e. The molecular weight excluding hydrogens is 503 g/mol. The third kappa shape index (κ3) is 4.70. The number of nitrogens with two attached hydrogens (primary N) is 1. The predicted molar refractivity (Wildman–Crippen MR) is 134 cm³/mol. The average molecular weight is 525 g/mol. The van der Waals surface area contributed by atoms with Crippen molar-refractivity contribution in [2.75, 3.05) is 6.54 Å². The van der Waals surface area contributed by atoms with Crippen LogP contribution in [0.5, 0.6) is 5.75 Å². The SMILES string of the molecule is N#Cc1ccc(OC2CC(NC(=O)c3c(-c4ccc(Cl)c(Cl)c4)nn4c3CN(C(N)=O)CC4)C2)cc1. The molecular formula is C25H22Cl2N6O3. The second kappa shape index (κ2) is 9.72. The fraction of sp³-hybridized carbons (Fsp3) is 0.280. The van der Waals surface area contributed by atoms with E-state index in [1.54, 1.807) is 47.1 Å². The Kier molecular flexibility index (Phi) is 6.48. The first-order valence-corrected chi connectivity index (χ1v) is 12.1. The minimum atomic E-state index is -0.549. The number of urea groups is 1. The molecule has 184 valence electrons. The Morgan fingerprint density at radius 1 is 1.11 bits per heavy atom. The van der Waals surface area contributed by atoms with Gasteiger partial charge in [-0.05, 0) is 36.4 Å². The number of rotatable bonds is 5. The van der Waals surface area contributed by atoms with Crippen LogP contribution >= 0.6 is 23.2 Å². The lowest BCUT2D eigenvalue weighted by molar-refractivity contribution is 0.0699. The number of aromatic nitrogens is 2. The van der Waals surface area contributed by atoms with Crippen LogP contribution in [-0.4, -0.2) is 45.3 Å². The summed E-state index contributed by atoms with van der Waals surface area (Å²) in [6.07, 6.45) is 1.25. The molecule has 9 nitrogen and oxygen atoms in total. The third-order valence-corrected chi connectivity index (χ3v) is 7.17. The van der Waals surface area contributed by atoms with Crippen molar-refractivity contribution < 1.29 is 14.3 Å². The van der Waals surface area contributed by atoms with Gasteiger partial charge in [-0.25, -0.2) is 4.79 Å². The molecule has 0 unspecified atom stereocenters. The Morgan fingerprint density at radius 2 is 1.86 bits per heavy atom. The molecule has 1 aromatic heterocycles. The second-order valence-corrected chi connectivity index (χ2v) is 9.61. The summed E-state index contributed by atoms with van der Waals surface area (Å²) in [6, 6.07) is 13.5. The van der Waals surface area contributed by atoms with Crippen LogP contribution in [0.2, 0.25) is 10.0 Å². The van der Waals surface area contributed by atoms with Crippen LogP contribution in [0, 0.1) is 11.3 Å². The third-order valence-electron chi connectivity index (χ3n) is 6.43. The standard InChI is InChI=1S/C25H22Cl2N6O3/c26-19-6-3-15(9-20(19)27)23-22(21-13-32(25(29)35)7-8-33(21)31-23)24(34)30-16-10-18(11-16)36-17-4-1-14(12-28)2-5-17/h1-6,9,16,18H,7-8,10-11,13H2,(H2,29,35)(H,30,34). The number of amides is 3. The molecule has 0 bridgehead atoms. The molecule has 1 fully saturated rings. The second-order valence-electron chi connectivity index (χ2n) is 8.80. The summed E-state index contributed by atoms with van der Waals surface area (Å²) in [5.74, 6) is 0.397. The summed E-state index contributed by atoms with van der Waals surface area (Å²) in [6.45, 7) is 1.01. The van der Waals surface area contributed by atoms with Gasteiger partial charge < -0.3 is 20.7 Å². The van der Waals surface area contributed by atoms with Crippen molar-refractivity contribution in [1.82, 2.24) is 20.0 Å². The van der Waals surface area contributed by atoms with Crippen molar-refractivity contribution in [2.45, 2.75) is 38.1 Å². The lowest BCUT2D eigenvalue weighted by Crippen LogP contribution is -2.49. The number of benzene rings is 2. The number of carbonyl (C=O) groups is 2. The van der Waals surface area contributed by atoms with Gasteiger partial charge in [0.15, 0.2) is 0 Å². The summed E-state index contributed by atoms with van der Waals surface area (Å²) in [5, 5.41) is 17.4. The molecule has 11 heteroatoms. The van der Waals surface area contributed by atoms with Gasteiger partial charge in [0.2, 0.25) is 0 Å². The number of hydrogen-bond donors (Lipinski definition) is 2. The molecule has 3 amide bonds. The van der Waals surface area contributed by atoms with Gasteiger partial charge in [-0.15, -0.1) is 0 Å². The van der Waals surface area contributed by atoms with E-state index in [0.717, 1.165) is 0 Å². The lowest BCUT2D eigenvalue weighted by atomic mass is 9.88. The van der Waals surface area contributed by atoms with Gasteiger partial charge in [-0.2, -0.15) is 10.4 Å². The zero-order valence-electron chi connectivity index (χ0n) is 19.1. The highest BCUT2D eigenvalue weighted by atomic mass is 35.5. The Labute approximate surface area is 217 Å². The minimum absolute atomic E-state index is 0.0378. The Morgan fingerprint density at radius 3 is 2.53 bits per heavy atom. The van der Waals surface area contributed by atoms with E-state index >= 15 is 0 Å². The van der Waals surface area contributed by atoms with Crippen LogP contribution in [0.15, 0.2) is 42.5 Å². The number of carbonyl (C=O) groups excluding carboxylic acids is 2. The van der Waals surface area contributed by atoms with Crippen LogP contribution < -0.4 is 15.8 Å². The largest absolute Gasteiger partial charge is 0.490 e. The number of halogens is 2. The smallest absolute Gasteiger partial charge is 0.315 e. The van der Waals surface area contributed by atoms with E-state index < -0.39 is 6.03 Å². The van der Waals surface area contributed by atoms with Gasteiger partial charge in [0.25, 0.3) is 5.91 Å². The fourth-order valence-electron chi connectivity index (χ4n) is 4.43. The molecule has 5 rings (SSSR count). The quantitative estimate of drug-likeness (QED) is 0.522. The highest BCUT2D eigenvalue weighted by Gasteiger charge is 2.35. The van der Waals surface area contributed by atoms with E-state index in [1.807, 2.05) is 0 Å². The van der Waals surface area contributed by atoms with Crippen molar-refractivity contribution in [3.63, 3.8) is 0 Å². The van der Waals surface area contributed by atoms with Gasteiger partial charge in [-0.1, -0.05) is 29.3 Å². The summed E-state index contributed by atoms with van der Waals surface area (Å²) >= 11 is 12.3. The predicted octanol–water partition coefficient (Wildman–Crippen LogP) is 3.96. The molecule has 0 saturated heterocycles. The lowest BCUT2D eigenvalue weighted by Gasteiger charge is -2.36. The van der Waals surface area contributed by atoms with E-state index in [9.17, 15) is 9.59 Å². The molecule has 0 spiro atoms. The molecule has 3 N–H and O–H groups in total. The molecule has 2 heterocycles. The monoisotopic (exact) mass is 524 g/mol. The fourth-order valence-corrected chi connectivity index (χ4v) is 4.73. The number of ether oxygens (including phenoxy) is 1. The van der Waals surface area contributed by atoms with Crippen LogP contribution in [0.3, 0.4) is 0 Å². The van der Waals surface area contributed by atoms with E-state index in [-0.39, 0.29) is 24.6 Å². The average Bonchev–Trinajstić information content (AvgIpc) is 3.23.